The van der Waals surface area contributed by atoms with Gasteiger partial charge < -0.3 is 19.0 Å². The second kappa shape index (κ2) is 5.65. The molecule has 3 fully saturated rings. The molecule has 1 aliphatic heterocycles. The Kier molecular flexibility index (Phi) is 3.85. The highest BCUT2D eigenvalue weighted by Crippen LogP contribution is 2.79. The molecule has 2 heterocycles. The van der Waals surface area contributed by atoms with E-state index in [1.54, 1.807) is 25.5 Å². The Morgan fingerprint density at radius 2 is 2.23 bits per heavy atom. The van der Waals surface area contributed by atoms with Gasteiger partial charge in [0.05, 0.1) is 24.6 Å². The van der Waals surface area contributed by atoms with Gasteiger partial charge in [0, 0.05) is 24.0 Å². The van der Waals surface area contributed by atoms with Gasteiger partial charge in [-0.3, -0.25) is 4.79 Å². The van der Waals surface area contributed by atoms with Crippen molar-refractivity contribution in [3.8, 4) is 0 Å². The molecule has 0 spiro atoms. The highest BCUT2D eigenvalue weighted by atomic mass is 16.6. The van der Waals surface area contributed by atoms with Gasteiger partial charge >= 0.3 is 0 Å². The second-order valence-electron chi connectivity index (χ2n) is 8.19. The van der Waals surface area contributed by atoms with E-state index < -0.39 is 16.6 Å². The lowest BCUT2D eigenvalue weighted by Gasteiger charge is -2.16. The monoisotopic (exact) mass is 358 g/mol. The van der Waals surface area contributed by atoms with Crippen LogP contribution in [0.3, 0.4) is 0 Å². The number of fused-ring (bicyclic) bond motifs is 1. The molecule has 5 heteroatoms. The zero-order chi connectivity index (χ0) is 18.7. The molecule has 5 atom stereocenters. The maximum Gasteiger partial charge on any atom is 0.191 e. The molecule has 5 nitrogen and oxygen atoms in total. The Morgan fingerprint density at radius 3 is 2.77 bits per heavy atom. The first-order chi connectivity index (χ1) is 12.4. The molecular formula is C21H26O5. The molecule has 140 valence electrons. The predicted molar refractivity (Wildman–Crippen MR) is 96.4 cm³/mol. The van der Waals surface area contributed by atoms with Gasteiger partial charge in [0.15, 0.2) is 5.78 Å². The van der Waals surface area contributed by atoms with E-state index in [0.29, 0.717) is 17.8 Å². The summed E-state index contributed by atoms with van der Waals surface area (Å²) in [5.74, 6) is 0.461. The number of aliphatic hydroxyl groups excluding tert-OH is 1. The van der Waals surface area contributed by atoms with E-state index in [-0.39, 0.29) is 24.4 Å². The summed E-state index contributed by atoms with van der Waals surface area (Å²) >= 11 is 0. The third-order valence-corrected chi connectivity index (χ3v) is 6.51. The molecule has 4 rings (SSSR count). The molecule has 1 aromatic rings. The summed E-state index contributed by atoms with van der Waals surface area (Å²) in [7, 11) is 1.56. The largest absolute Gasteiger partial charge is 0.465 e. The number of hydrogen-bond donors (Lipinski definition) is 1. The topological polar surface area (TPSA) is 72.2 Å². The van der Waals surface area contributed by atoms with Crippen LogP contribution in [0.5, 0.6) is 0 Å². The third kappa shape index (κ3) is 2.11. The van der Waals surface area contributed by atoms with Gasteiger partial charge in [-0.15, -0.1) is 0 Å². The first kappa shape index (κ1) is 17.7. The van der Waals surface area contributed by atoms with Crippen molar-refractivity contribution in [3.05, 3.63) is 41.4 Å². The van der Waals surface area contributed by atoms with Gasteiger partial charge in [0.25, 0.3) is 0 Å². The van der Waals surface area contributed by atoms with E-state index in [4.69, 9.17) is 13.9 Å². The van der Waals surface area contributed by atoms with Crippen molar-refractivity contribution >= 4 is 11.9 Å². The molecule has 0 amide bonds. The van der Waals surface area contributed by atoms with Crippen LogP contribution in [-0.4, -0.2) is 41.9 Å². The Bertz CT molecular complexity index is 787. The summed E-state index contributed by atoms with van der Waals surface area (Å²) in [5.41, 5.74) is -0.133. The van der Waals surface area contributed by atoms with Crippen LogP contribution in [0.4, 0.5) is 0 Å². The summed E-state index contributed by atoms with van der Waals surface area (Å²) in [4.78, 5) is 13.2. The van der Waals surface area contributed by atoms with Crippen molar-refractivity contribution in [1.29, 1.82) is 0 Å². The molecule has 0 unspecified atom stereocenters. The van der Waals surface area contributed by atoms with Crippen LogP contribution in [0.1, 0.15) is 39.4 Å². The molecule has 3 aliphatic rings. The van der Waals surface area contributed by atoms with Gasteiger partial charge in [-0.2, -0.15) is 0 Å². The fourth-order valence-electron chi connectivity index (χ4n) is 5.26. The zero-order valence-corrected chi connectivity index (χ0v) is 15.7. The van der Waals surface area contributed by atoms with Crippen molar-refractivity contribution in [2.45, 2.75) is 50.9 Å². The molecule has 26 heavy (non-hydrogen) atoms. The van der Waals surface area contributed by atoms with Gasteiger partial charge in [-0.1, -0.05) is 11.6 Å². The number of ether oxygens (including phenoxy) is 2. The normalized spacial score (nSPS) is 42.0. The number of rotatable bonds is 6. The van der Waals surface area contributed by atoms with Crippen LogP contribution in [0.2, 0.25) is 0 Å². The number of methoxy groups -OCH3 is 1. The summed E-state index contributed by atoms with van der Waals surface area (Å²) in [6, 6.07) is 3.60. The van der Waals surface area contributed by atoms with E-state index in [2.05, 4.69) is 19.9 Å². The molecular weight excluding hydrogens is 332 g/mol. The Morgan fingerprint density at radius 1 is 1.46 bits per heavy atom. The maximum atomic E-state index is 13.2. The minimum Gasteiger partial charge on any atom is -0.465 e. The Labute approximate surface area is 153 Å². The van der Waals surface area contributed by atoms with Crippen LogP contribution in [-0.2, 0) is 14.3 Å². The number of epoxide rings is 1. The number of ketones is 1. The summed E-state index contributed by atoms with van der Waals surface area (Å²) in [5, 5.41) is 10.2. The summed E-state index contributed by atoms with van der Waals surface area (Å²) < 4.78 is 17.2. The Balaban J connectivity index is 1.63. The standard InChI is InChI=1S/C21H26O5/c1-13(2)7-8-16-19(3,26-16)18-20(12-22)11-14(10-15-6-5-9-25-15)17(23)21(18,20)24-4/h5-7,9-10,16,18,22H,8,11-12H2,1-4H3/b14-10+/t16-,18-,19+,20-,21+/m1/s1. The van der Waals surface area contributed by atoms with E-state index in [1.165, 1.54) is 5.57 Å². The third-order valence-electron chi connectivity index (χ3n) is 6.51. The van der Waals surface area contributed by atoms with Gasteiger partial charge in [-0.25, -0.2) is 0 Å². The van der Waals surface area contributed by atoms with E-state index in [9.17, 15) is 9.90 Å². The smallest absolute Gasteiger partial charge is 0.191 e. The fraction of sp³-hybridized carbons (Fsp3) is 0.571. The second-order valence-corrected chi connectivity index (χ2v) is 8.19. The highest BCUT2D eigenvalue weighted by Gasteiger charge is 2.91. The van der Waals surface area contributed by atoms with Crippen LogP contribution in [0.15, 0.2) is 40.0 Å². The van der Waals surface area contributed by atoms with Crippen LogP contribution in [0, 0.1) is 11.3 Å². The highest BCUT2D eigenvalue weighted by molar-refractivity contribution is 6.12. The van der Waals surface area contributed by atoms with Crippen LogP contribution < -0.4 is 0 Å². The number of allylic oxidation sites excluding steroid dienone is 1. The number of Topliss-reactive ketones (excluding diaryl/α,β-unsaturated/α-hetero) is 1. The minimum absolute atomic E-state index is 0.0480. The van der Waals surface area contributed by atoms with Crippen molar-refractivity contribution in [2.75, 3.05) is 13.7 Å². The van der Waals surface area contributed by atoms with Gasteiger partial charge in [0.1, 0.15) is 11.4 Å². The molecule has 0 aromatic carbocycles. The first-order valence-corrected chi connectivity index (χ1v) is 9.12. The van der Waals surface area contributed by atoms with Crippen molar-refractivity contribution < 1.29 is 23.8 Å². The van der Waals surface area contributed by atoms with Crippen molar-refractivity contribution in [3.63, 3.8) is 0 Å². The molecule has 1 N–H and O–H groups in total. The summed E-state index contributed by atoms with van der Waals surface area (Å²) in [6.07, 6.45) is 6.86. The first-order valence-electron chi connectivity index (χ1n) is 9.12. The average Bonchev–Trinajstić information content (AvgIpc) is 3.28. The van der Waals surface area contributed by atoms with E-state index >= 15 is 0 Å². The van der Waals surface area contributed by atoms with Crippen LogP contribution >= 0.6 is 0 Å². The average molecular weight is 358 g/mol. The summed E-state index contributed by atoms with van der Waals surface area (Å²) in [6.45, 7) is 6.07. The Hall–Kier alpha value is -1.69. The van der Waals surface area contributed by atoms with Crippen LogP contribution in [0.25, 0.3) is 6.08 Å². The predicted octanol–water partition coefficient (Wildman–Crippen LogP) is 3.14. The SMILES string of the molecule is CO[C@]12C(=O)/C(=C/c3ccco3)C[C@@]1(CO)[C@H]2[C@@]1(C)O[C@@H]1CC=C(C)C. The fourth-order valence-corrected chi connectivity index (χ4v) is 5.26. The quantitative estimate of drug-likeness (QED) is 0.480. The lowest BCUT2D eigenvalue weighted by molar-refractivity contribution is -0.129. The van der Waals surface area contributed by atoms with Gasteiger partial charge in [-0.05, 0) is 51.8 Å². The lowest BCUT2D eigenvalue weighted by Crippen LogP contribution is -2.32. The molecule has 0 bridgehead atoms. The number of hydrogen-bond acceptors (Lipinski definition) is 5. The number of carbonyl (C=O) groups excluding carboxylic acids is 1. The van der Waals surface area contributed by atoms with E-state index in [1.807, 2.05) is 13.0 Å². The number of carbonyl (C=O) groups is 1. The lowest BCUT2D eigenvalue weighted by atomic mass is 9.87. The van der Waals surface area contributed by atoms with Crippen molar-refractivity contribution in [2.24, 2.45) is 11.3 Å². The minimum atomic E-state index is -0.991. The van der Waals surface area contributed by atoms with E-state index in [0.717, 1.165) is 6.42 Å². The molecule has 0 radical (unpaired) electrons. The zero-order valence-electron chi connectivity index (χ0n) is 15.7. The molecule has 1 aromatic heterocycles. The molecule has 2 aliphatic carbocycles. The van der Waals surface area contributed by atoms with Crippen molar-refractivity contribution in [1.82, 2.24) is 0 Å². The number of furan rings is 1. The number of aliphatic hydroxyl groups is 1. The maximum absolute atomic E-state index is 13.2. The molecule has 1 saturated heterocycles. The van der Waals surface area contributed by atoms with Gasteiger partial charge in [0.2, 0.25) is 0 Å². The molecule has 2 saturated carbocycles.